The number of aliphatic hydroxyl groups excluding tert-OH is 1. The topological polar surface area (TPSA) is 53.8 Å². The molecule has 1 aliphatic rings. The molecule has 1 fully saturated rings. The number of aliphatic hydroxyl groups is 1. The van der Waals surface area contributed by atoms with Crippen molar-refractivity contribution in [3.63, 3.8) is 0 Å². The lowest BCUT2D eigenvalue weighted by Gasteiger charge is -2.41. The molecule has 6 heteroatoms. The van der Waals surface area contributed by atoms with Crippen LogP contribution in [0.15, 0.2) is 30.5 Å². The molecule has 0 bridgehead atoms. The zero-order valence-corrected chi connectivity index (χ0v) is 16.8. The van der Waals surface area contributed by atoms with Crippen molar-refractivity contribution in [2.75, 3.05) is 33.4 Å². The summed E-state index contributed by atoms with van der Waals surface area (Å²) in [5.41, 5.74) is 3.82. The minimum Gasteiger partial charge on any atom is -0.497 e. The molecule has 0 saturated carbocycles. The van der Waals surface area contributed by atoms with Gasteiger partial charge in [-0.3, -0.25) is 14.5 Å². The Hall–Kier alpha value is -1.89. The van der Waals surface area contributed by atoms with E-state index in [9.17, 15) is 5.11 Å². The molecule has 1 saturated heterocycles. The van der Waals surface area contributed by atoms with Crippen LogP contribution in [-0.4, -0.2) is 64.1 Å². The van der Waals surface area contributed by atoms with Gasteiger partial charge in [-0.15, -0.1) is 0 Å². The van der Waals surface area contributed by atoms with Gasteiger partial charge >= 0.3 is 0 Å². The van der Waals surface area contributed by atoms with Crippen LogP contribution >= 0.6 is 0 Å². The van der Waals surface area contributed by atoms with Crippen molar-refractivity contribution >= 4 is 0 Å². The molecule has 0 amide bonds. The summed E-state index contributed by atoms with van der Waals surface area (Å²) in [4.78, 5) is 4.98. The highest BCUT2D eigenvalue weighted by Crippen LogP contribution is 2.21. The van der Waals surface area contributed by atoms with E-state index >= 15 is 0 Å². The van der Waals surface area contributed by atoms with Gasteiger partial charge in [-0.2, -0.15) is 5.10 Å². The highest BCUT2D eigenvalue weighted by atomic mass is 16.5. The molecular formula is C21H32N4O2. The molecule has 2 heterocycles. The fraction of sp³-hybridized carbons (Fsp3) is 0.571. The van der Waals surface area contributed by atoms with Gasteiger partial charge in [-0.1, -0.05) is 12.1 Å². The van der Waals surface area contributed by atoms with Gasteiger partial charge in [0.15, 0.2) is 0 Å². The van der Waals surface area contributed by atoms with Gasteiger partial charge in [-0.25, -0.2) is 0 Å². The summed E-state index contributed by atoms with van der Waals surface area (Å²) in [6, 6.07) is 8.63. The fourth-order valence-corrected chi connectivity index (χ4v) is 3.94. The molecule has 0 spiro atoms. The van der Waals surface area contributed by atoms with Gasteiger partial charge in [0.25, 0.3) is 0 Å². The van der Waals surface area contributed by atoms with E-state index in [4.69, 9.17) is 4.74 Å². The van der Waals surface area contributed by atoms with Crippen LogP contribution in [0.1, 0.15) is 30.2 Å². The van der Waals surface area contributed by atoms with Crippen molar-refractivity contribution in [2.45, 2.75) is 45.9 Å². The molecule has 1 aromatic heterocycles. The molecule has 0 radical (unpaired) electrons. The monoisotopic (exact) mass is 372 g/mol. The first-order chi connectivity index (χ1) is 13.1. The predicted octanol–water partition coefficient (Wildman–Crippen LogP) is 2.29. The standard InChI is InChI=1S/C21H32N4O2/c1-4-25-17(2)19(13-22-25)15-23-9-10-24(20(16-23)8-11-26)14-18-6-5-7-21(12-18)27-3/h5-7,12-13,20,26H,4,8-11,14-16H2,1-3H3/t20-/m1/s1. The number of aryl methyl sites for hydroxylation is 1. The average molecular weight is 373 g/mol. The molecule has 1 atom stereocenters. The number of nitrogens with zero attached hydrogens (tertiary/aromatic N) is 4. The largest absolute Gasteiger partial charge is 0.497 e. The second-order valence-electron chi connectivity index (χ2n) is 7.29. The summed E-state index contributed by atoms with van der Waals surface area (Å²) in [5, 5.41) is 14.0. The van der Waals surface area contributed by atoms with Gasteiger partial charge < -0.3 is 9.84 Å². The molecule has 1 aromatic carbocycles. The smallest absolute Gasteiger partial charge is 0.119 e. The Morgan fingerprint density at radius 1 is 1.26 bits per heavy atom. The van der Waals surface area contributed by atoms with E-state index in [0.717, 1.165) is 51.4 Å². The average Bonchev–Trinajstić information content (AvgIpc) is 3.04. The van der Waals surface area contributed by atoms with Crippen molar-refractivity contribution in [2.24, 2.45) is 0 Å². The molecule has 148 valence electrons. The minimum absolute atomic E-state index is 0.222. The van der Waals surface area contributed by atoms with Gasteiger partial charge in [0.2, 0.25) is 0 Å². The summed E-state index contributed by atoms with van der Waals surface area (Å²) in [6.45, 7) is 10.2. The van der Waals surface area contributed by atoms with E-state index in [0.29, 0.717) is 6.04 Å². The number of rotatable bonds is 8. The second-order valence-corrected chi connectivity index (χ2v) is 7.29. The van der Waals surface area contributed by atoms with Crippen molar-refractivity contribution in [3.05, 3.63) is 47.3 Å². The van der Waals surface area contributed by atoms with Crippen LogP contribution in [0.25, 0.3) is 0 Å². The summed E-state index contributed by atoms with van der Waals surface area (Å²) < 4.78 is 7.40. The Labute approximate surface area is 162 Å². The fourth-order valence-electron chi connectivity index (χ4n) is 3.94. The van der Waals surface area contributed by atoms with Crippen LogP contribution in [0.5, 0.6) is 5.75 Å². The van der Waals surface area contributed by atoms with E-state index in [1.165, 1.54) is 16.8 Å². The van der Waals surface area contributed by atoms with E-state index in [-0.39, 0.29) is 6.61 Å². The number of piperazine rings is 1. The molecule has 3 rings (SSSR count). The van der Waals surface area contributed by atoms with Crippen LogP contribution in [0.2, 0.25) is 0 Å². The van der Waals surface area contributed by atoms with Crippen molar-refractivity contribution in [3.8, 4) is 5.75 Å². The molecule has 2 aromatic rings. The SMILES string of the molecule is CCn1ncc(CN2CCN(Cc3cccc(OC)c3)[C@H](CCO)C2)c1C. The van der Waals surface area contributed by atoms with Crippen LogP contribution in [0.4, 0.5) is 0 Å². The maximum absolute atomic E-state index is 9.56. The maximum atomic E-state index is 9.56. The Morgan fingerprint density at radius 2 is 2.11 bits per heavy atom. The third kappa shape index (κ3) is 4.89. The van der Waals surface area contributed by atoms with Crippen LogP contribution in [0.3, 0.4) is 0 Å². The highest BCUT2D eigenvalue weighted by molar-refractivity contribution is 5.28. The molecule has 0 unspecified atom stereocenters. The lowest BCUT2D eigenvalue weighted by atomic mass is 10.1. The summed E-state index contributed by atoms with van der Waals surface area (Å²) in [5.74, 6) is 0.897. The van der Waals surface area contributed by atoms with Gasteiger partial charge in [-0.05, 0) is 38.0 Å². The van der Waals surface area contributed by atoms with Gasteiger partial charge in [0.1, 0.15) is 5.75 Å². The summed E-state index contributed by atoms with van der Waals surface area (Å²) in [6.07, 6.45) is 2.80. The third-order valence-electron chi connectivity index (χ3n) is 5.57. The Kier molecular flexibility index (Phi) is 6.88. The van der Waals surface area contributed by atoms with Crippen LogP contribution < -0.4 is 4.74 Å². The quantitative estimate of drug-likeness (QED) is 0.771. The minimum atomic E-state index is 0.222. The van der Waals surface area contributed by atoms with Crippen molar-refractivity contribution < 1.29 is 9.84 Å². The third-order valence-corrected chi connectivity index (χ3v) is 5.57. The molecule has 27 heavy (non-hydrogen) atoms. The lowest BCUT2D eigenvalue weighted by Crippen LogP contribution is -2.52. The molecular weight excluding hydrogens is 340 g/mol. The Morgan fingerprint density at radius 3 is 2.81 bits per heavy atom. The predicted molar refractivity (Wildman–Crippen MR) is 107 cm³/mol. The first-order valence-electron chi connectivity index (χ1n) is 9.86. The normalized spacial score (nSPS) is 18.7. The molecule has 1 N–H and O–H groups in total. The second kappa shape index (κ2) is 9.35. The van der Waals surface area contributed by atoms with E-state index in [1.807, 2.05) is 18.3 Å². The molecule has 1 aliphatic heterocycles. The lowest BCUT2D eigenvalue weighted by molar-refractivity contribution is 0.0498. The van der Waals surface area contributed by atoms with Gasteiger partial charge in [0.05, 0.1) is 13.3 Å². The molecule has 0 aliphatic carbocycles. The Balaban J connectivity index is 1.64. The number of hydrogen-bond donors (Lipinski definition) is 1. The van der Waals surface area contributed by atoms with E-state index in [1.54, 1.807) is 7.11 Å². The van der Waals surface area contributed by atoms with E-state index in [2.05, 4.69) is 45.6 Å². The number of methoxy groups -OCH3 is 1. The van der Waals surface area contributed by atoms with Crippen LogP contribution in [0, 0.1) is 6.92 Å². The first kappa shape index (κ1) is 19.9. The maximum Gasteiger partial charge on any atom is 0.119 e. The Bertz CT molecular complexity index is 731. The van der Waals surface area contributed by atoms with E-state index < -0.39 is 0 Å². The number of aromatic nitrogens is 2. The zero-order valence-electron chi connectivity index (χ0n) is 16.8. The summed E-state index contributed by atoms with van der Waals surface area (Å²) >= 11 is 0. The van der Waals surface area contributed by atoms with Gasteiger partial charge in [0, 0.05) is 63.2 Å². The number of hydrogen-bond acceptors (Lipinski definition) is 5. The van der Waals surface area contributed by atoms with Crippen molar-refractivity contribution in [1.29, 1.82) is 0 Å². The van der Waals surface area contributed by atoms with Crippen LogP contribution in [-0.2, 0) is 19.6 Å². The highest BCUT2D eigenvalue weighted by Gasteiger charge is 2.27. The molecule has 6 nitrogen and oxygen atoms in total. The number of ether oxygens (including phenoxy) is 1. The zero-order chi connectivity index (χ0) is 19.2. The first-order valence-corrected chi connectivity index (χ1v) is 9.86. The summed E-state index contributed by atoms with van der Waals surface area (Å²) in [7, 11) is 1.70. The number of benzene rings is 1. The van der Waals surface area contributed by atoms with Crippen molar-refractivity contribution in [1.82, 2.24) is 19.6 Å².